The summed E-state index contributed by atoms with van der Waals surface area (Å²) in [4.78, 5) is 22.8. The lowest BCUT2D eigenvalue weighted by Crippen LogP contribution is -2.22. The highest BCUT2D eigenvalue weighted by Crippen LogP contribution is 2.36. The van der Waals surface area contributed by atoms with Crippen LogP contribution in [0.15, 0.2) is 65.6 Å². The molecular weight excluding hydrogens is 506 g/mol. The molecule has 198 valence electrons. The third-order valence-corrected chi connectivity index (χ3v) is 7.22. The molecule has 0 fully saturated rings. The van der Waals surface area contributed by atoms with Crippen molar-refractivity contribution in [1.29, 1.82) is 0 Å². The van der Waals surface area contributed by atoms with E-state index in [4.69, 9.17) is 9.47 Å². The summed E-state index contributed by atoms with van der Waals surface area (Å²) in [5, 5.41) is 3.23. The monoisotopic (exact) mass is 535 g/mol. The van der Waals surface area contributed by atoms with Gasteiger partial charge in [0.1, 0.15) is 11.5 Å². The zero-order valence-corrected chi connectivity index (χ0v) is 22.6. The second kappa shape index (κ2) is 10.9. The summed E-state index contributed by atoms with van der Waals surface area (Å²) < 4.78 is 40.2. The van der Waals surface area contributed by atoms with Crippen molar-refractivity contribution in [2.24, 2.45) is 0 Å². The first-order valence-corrected chi connectivity index (χ1v) is 13.3. The Bertz CT molecular complexity index is 1590. The van der Waals surface area contributed by atoms with E-state index in [0.717, 1.165) is 5.56 Å². The molecule has 0 aliphatic rings. The molecule has 0 unspecified atom stereocenters. The van der Waals surface area contributed by atoms with Gasteiger partial charge in [0.05, 0.1) is 35.8 Å². The van der Waals surface area contributed by atoms with Crippen LogP contribution in [0.3, 0.4) is 0 Å². The molecule has 4 rings (SSSR count). The molecule has 0 radical (unpaired) electrons. The lowest BCUT2D eigenvalue weighted by Gasteiger charge is -2.18. The molecule has 3 aromatic carbocycles. The molecule has 38 heavy (non-hydrogen) atoms. The van der Waals surface area contributed by atoms with Gasteiger partial charge in [-0.05, 0) is 42.8 Å². The van der Waals surface area contributed by atoms with Crippen LogP contribution in [0.25, 0.3) is 11.0 Å². The first-order chi connectivity index (χ1) is 18.2. The minimum absolute atomic E-state index is 0.0148. The molecule has 0 atom stereocenters. The summed E-state index contributed by atoms with van der Waals surface area (Å²) >= 11 is 0. The van der Waals surface area contributed by atoms with E-state index in [1.54, 1.807) is 58.6 Å². The highest BCUT2D eigenvalue weighted by atomic mass is 32.2. The van der Waals surface area contributed by atoms with Gasteiger partial charge in [0.15, 0.2) is 11.6 Å². The van der Waals surface area contributed by atoms with Gasteiger partial charge in [-0.1, -0.05) is 19.1 Å². The Balaban J connectivity index is 1.77. The number of sulfonamides is 1. The smallest absolute Gasteiger partial charge is 0.263 e. The van der Waals surface area contributed by atoms with Crippen molar-refractivity contribution in [3.05, 3.63) is 71.8 Å². The molecule has 0 spiro atoms. The summed E-state index contributed by atoms with van der Waals surface area (Å²) in [6.07, 6.45) is 0.635. The molecule has 1 amide bonds. The van der Waals surface area contributed by atoms with Gasteiger partial charge in [-0.25, -0.2) is 18.4 Å². The number of nitrogens with one attached hydrogen (secondary N) is 2. The second-order valence-electron chi connectivity index (χ2n) is 8.57. The van der Waals surface area contributed by atoms with Crippen molar-refractivity contribution in [3.8, 4) is 11.5 Å². The third kappa shape index (κ3) is 5.47. The second-order valence-corrected chi connectivity index (χ2v) is 10.3. The molecule has 10 nitrogen and oxygen atoms in total. The van der Waals surface area contributed by atoms with Gasteiger partial charge in [0, 0.05) is 37.4 Å². The number of aromatic nitrogens is 2. The number of para-hydroxylation sites is 2. The molecule has 0 saturated heterocycles. The number of ether oxygens (including phenoxy) is 2. The van der Waals surface area contributed by atoms with E-state index in [9.17, 15) is 13.2 Å². The minimum Gasteiger partial charge on any atom is -0.497 e. The summed E-state index contributed by atoms with van der Waals surface area (Å²) in [7, 11) is 2.32. The average Bonchev–Trinajstić information content (AvgIpc) is 2.92. The molecule has 1 heterocycles. The Morgan fingerprint density at radius 1 is 0.921 bits per heavy atom. The zero-order chi connectivity index (χ0) is 27.4. The van der Waals surface area contributed by atoms with Crippen molar-refractivity contribution in [3.63, 3.8) is 0 Å². The molecular formula is C27H29N5O5S. The van der Waals surface area contributed by atoms with Crippen LogP contribution >= 0.6 is 0 Å². The van der Waals surface area contributed by atoms with Crippen LogP contribution in [0, 0.1) is 0 Å². The predicted octanol–water partition coefficient (Wildman–Crippen LogP) is 4.46. The zero-order valence-electron chi connectivity index (χ0n) is 21.8. The van der Waals surface area contributed by atoms with E-state index in [1.807, 2.05) is 13.0 Å². The molecule has 0 aliphatic carbocycles. The van der Waals surface area contributed by atoms with Crippen molar-refractivity contribution < 1.29 is 22.7 Å². The fourth-order valence-corrected chi connectivity index (χ4v) is 4.91. The van der Waals surface area contributed by atoms with Gasteiger partial charge in [-0.2, -0.15) is 0 Å². The number of amides is 1. The maximum atomic E-state index is 13.3. The van der Waals surface area contributed by atoms with Crippen molar-refractivity contribution >= 4 is 44.3 Å². The number of anilines is 3. The van der Waals surface area contributed by atoms with Crippen molar-refractivity contribution in [2.75, 3.05) is 38.4 Å². The Kier molecular flexibility index (Phi) is 7.67. The fraction of sp³-hybridized carbons (Fsp3) is 0.222. The molecule has 0 bridgehead atoms. The number of hydrogen-bond donors (Lipinski definition) is 2. The number of carbonyl (C=O) groups excluding carboxylic acids is 1. The molecule has 11 heteroatoms. The highest BCUT2D eigenvalue weighted by Gasteiger charge is 2.21. The van der Waals surface area contributed by atoms with Crippen LogP contribution in [0.4, 0.5) is 17.3 Å². The lowest BCUT2D eigenvalue weighted by molar-refractivity contribution is 0.0827. The summed E-state index contributed by atoms with van der Waals surface area (Å²) in [6, 6.07) is 16.4. The Labute approximate surface area is 221 Å². The average molecular weight is 536 g/mol. The SMILES string of the molecule is CCc1c(Nc2nc3ccccc3nc2NS(=O)(=O)c2ccc(C(=O)N(C)C)cc2)cc(OC)cc1OC. The molecule has 1 aromatic heterocycles. The molecule has 2 N–H and O–H groups in total. The van der Waals surface area contributed by atoms with Gasteiger partial charge in [-0.3, -0.25) is 9.52 Å². The Morgan fingerprint density at radius 3 is 2.11 bits per heavy atom. The van der Waals surface area contributed by atoms with Crippen LogP contribution in [0.2, 0.25) is 0 Å². The highest BCUT2D eigenvalue weighted by molar-refractivity contribution is 7.92. The number of benzene rings is 3. The fourth-order valence-electron chi connectivity index (χ4n) is 3.90. The van der Waals surface area contributed by atoms with Crippen LogP contribution < -0.4 is 19.5 Å². The Morgan fingerprint density at radius 2 is 1.55 bits per heavy atom. The maximum Gasteiger partial charge on any atom is 0.263 e. The number of carbonyl (C=O) groups is 1. The molecule has 0 aliphatic heterocycles. The van der Waals surface area contributed by atoms with Crippen molar-refractivity contribution in [2.45, 2.75) is 18.2 Å². The van der Waals surface area contributed by atoms with E-state index in [0.29, 0.717) is 40.2 Å². The van der Waals surface area contributed by atoms with Crippen LogP contribution in [0.5, 0.6) is 11.5 Å². The van der Waals surface area contributed by atoms with E-state index >= 15 is 0 Å². The van der Waals surface area contributed by atoms with E-state index in [1.165, 1.54) is 29.2 Å². The van der Waals surface area contributed by atoms with Crippen LogP contribution in [-0.4, -0.2) is 57.5 Å². The maximum absolute atomic E-state index is 13.3. The minimum atomic E-state index is -4.07. The topological polar surface area (TPSA) is 123 Å². The normalized spacial score (nSPS) is 11.2. The first-order valence-electron chi connectivity index (χ1n) is 11.8. The lowest BCUT2D eigenvalue weighted by atomic mass is 10.1. The van der Waals surface area contributed by atoms with Gasteiger partial charge in [-0.15, -0.1) is 0 Å². The summed E-state index contributed by atoms with van der Waals surface area (Å²) in [6.45, 7) is 1.98. The number of fused-ring (bicyclic) bond motifs is 1. The van der Waals surface area contributed by atoms with Gasteiger partial charge in [0.2, 0.25) is 0 Å². The quantitative estimate of drug-likeness (QED) is 0.322. The number of rotatable bonds is 9. The van der Waals surface area contributed by atoms with E-state index < -0.39 is 10.0 Å². The number of nitrogens with zero attached hydrogens (tertiary/aromatic N) is 3. The summed E-state index contributed by atoms with van der Waals surface area (Å²) in [5.41, 5.74) is 2.97. The predicted molar refractivity (Wildman–Crippen MR) is 147 cm³/mol. The van der Waals surface area contributed by atoms with Crippen LogP contribution in [0.1, 0.15) is 22.8 Å². The summed E-state index contributed by atoms with van der Waals surface area (Å²) in [5.74, 6) is 1.18. The molecule has 4 aromatic rings. The van der Waals surface area contributed by atoms with Gasteiger partial charge in [0.25, 0.3) is 15.9 Å². The van der Waals surface area contributed by atoms with Gasteiger partial charge < -0.3 is 19.7 Å². The number of methoxy groups -OCH3 is 2. The van der Waals surface area contributed by atoms with E-state index in [-0.39, 0.29) is 22.4 Å². The van der Waals surface area contributed by atoms with Gasteiger partial charge >= 0.3 is 0 Å². The number of hydrogen-bond acceptors (Lipinski definition) is 8. The molecule has 0 saturated carbocycles. The van der Waals surface area contributed by atoms with Crippen LogP contribution in [-0.2, 0) is 16.4 Å². The Hall–Kier alpha value is -4.38. The third-order valence-electron chi connectivity index (χ3n) is 5.86. The van der Waals surface area contributed by atoms with Crippen molar-refractivity contribution in [1.82, 2.24) is 14.9 Å². The van der Waals surface area contributed by atoms with E-state index in [2.05, 4.69) is 20.0 Å². The first kappa shape index (κ1) is 26.7. The largest absolute Gasteiger partial charge is 0.497 e. The standard InChI is InChI=1S/C27H29N5O5S/c1-6-20-23(15-18(36-4)16-24(20)37-5)30-25-26(29-22-10-8-7-9-21(22)28-25)31-38(34,35)19-13-11-17(12-14-19)27(33)32(2)3/h7-16H,6H2,1-5H3,(H,28,30)(H,29,31).